The van der Waals surface area contributed by atoms with Crippen LogP contribution < -0.4 is 10.4 Å². The number of alkyl halides is 3. The van der Waals surface area contributed by atoms with Gasteiger partial charge in [0.05, 0.1) is 17.7 Å². The molecule has 1 aromatic rings. The molecule has 0 amide bonds. The summed E-state index contributed by atoms with van der Waals surface area (Å²) in [6, 6.07) is 3.78. The number of aromatic nitrogens is 1. The van der Waals surface area contributed by atoms with Crippen molar-refractivity contribution in [1.29, 1.82) is 0 Å². The van der Waals surface area contributed by atoms with E-state index in [2.05, 4.69) is 4.98 Å². The minimum Gasteiger partial charge on any atom is -0.399 e. The number of hydrogen-bond acceptors (Lipinski definition) is 5. The topological polar surface area (TPSA) is 37.8 Å². The Kier molecular flexibility index (Phi) is 5.00. The molecule has 144 valence electrons. The van der Waals surface area contributed by atoms with Crippen molar-refractivity contribution in [3.63, 3.8) is 0 Å². The lowest BCUT2D eigenvalue weighted by Gasteiger charge is -2.35. The van der Waals surface area contributed by atoms with Crippen LogP contribution >= 0.6 is 0 Å². The van der Waals surface area contributed by atoms with Gasteiger partial charge in [0, 0.05) is 37.8 Å². The molecule has 2 saturated heterocycles. The van der Waals surface area contributed by atoms with Crippen molar-refractivity contribution in [2.24, 2.45) is 0 Å². The van der Waals surface area contributed by atoms with Crippen LogP contribution in [0, 0.1) is 0 Å². The average Bonchev–Trinajstić information content (AvgIpc) is 2.75. The van der Waals surface area contributed by atoms with E-state index in [-0.39, 0.29) is 0 Å². The number of anilines is 1. The summed E-state index contributed by atoms with van der Waals surface area (Å²) >= 11 is 0. The molecule has 2 aliphatic rings. The highest BCUT2D eigenvalue weighted by atomic mass is 19.4. The molecule has 0 saturated carbocycles. The Balaban J connectivity index is 1.59. The Bertz CT molecular complexity index is 613. The summed E-state index contributed by atoms with van der Waals surface area (Å²) in [5.41, 5.74) is 0.0131. The van der Waals surface area contributed by atoms with Crippen LogP contribution in [-0.4, -0.2) is 67.1 Å². The van der Waals surface area contributed by atoms with Gasteiger partial charge in [0.2, 0.25) is 0 Å². The Morgan fingerprint density at radius 1 is 1.04 bits per heavy atom. The fourth-order valence-corrected chi connectivity index (χ4v) is 3.09. The van der Waals surface area contributed by atoms with Gasteiger partial charge in [-0.3, -0.25) is 4.90 Å². The molecule has 0 aliphatic carbocycles. The van der Waals surface area contributed by atoms with E-state index in [0.29, 0.717) is 26.2 Å². The van der Waals surface area contributed by atoms with Crippen LogP contribution in [0.4, 0.5) is 19.0 Å². The van der Waals surface area contributed by atoms with Crippen molar-refractivity contribution in [2.45, 2.75) is 45.1 Å². The van der Waals surface area contributed by atoms with Crippen LogP contribution in [0.25, 0.3) is 0 Å². The highest BCUT2D eigenvalue weighted by Crippen LogP contribution is 2.36. The van der Waals surface area contributed by atoms with Gasteiger partial charge in [-0.1, -0.05) is 6.07 Å². The van der Waals surface area contributed by atoms with Crippen LogP contribution in [0.5, 0.6) is 0 Å². The maximum absolute atomic E-state index is 12.5. The molecule has 3 heterocycles. The van der Waals surface area contributed by atoms with E-state index in [1.54, 1.807) is 6.20 Å². The zero-order valence-electron chi connectivity index (χ0n) is 15.6. The first-order valence-corrected chi connectivity index (χ1v) is 8.82. The summed E-state index contributed by atoms with van der Waals surface area (Å²) in [7, 11) is -0.467. The van der Waals surface area contributed by atoms with Crippen LogP contribution in [0.2, 0.25) is 0 Å². The van der Waals surface area contributed by atoms with Gasteiger partial charge in [0.15, 0.2) is 0 Å². The first kappa shape index (κ1) is 19.4. The molecule has 26 heavy (non-hydrogen) atoms. The monoisotopic (exact) mass is 371 g/mol. The maximum atomic E-state index is 12.5. The highest BCUT2D eigenvalue weighted by Gasteiger charge is 2.51. The third kappa shape index (κ3) is 4.15. The molecule has 0 atom stereocenters. The summed E-state index contributed by atoms with van der Waals surface area (Å²) in [6.07, 6.45) is -2.43. The zero-order chi connectivity index (χ0) is 19.2. The van der Waals surface area contributed by atoms with Crippen molar-refractivity contribution in [2.75, 3.05) is 37.6 Å². The quantitative estimate of drug-likeness (QED) is 0.761. The van der Waals surface area contributed by atoms with Crippen LogP contribution in [0.15, 0.2) is 18.3 Å². The predicted molar refractivity (Wildman–Crippen MR) is 94.7 cm³/mol. The van der Waals surface area contributed by atoms with Gasteiger partial charge >= 0.3 is 13.3 Å². The van der Waals surface area contributed by atoms with E-state index in [0.717, 1.165) is 11.3 Å². The second-order valence-corrected chi connectivity index (χ2v) is 7.92. The molecule has 0 radical (unpaired) electrons. The third-order valence-electron chi connectivity index (χ3n) is 5.40. The first-order valence-electron chi connectivity index (χ1n) is 8.82. The molecule has 1 aromatic heterocycles. The lowest BCUT2D eigenvalue weighted by Crippen LogP contribution is -2.49. The molecular formula is C17H25BF3N3O2. The second kappa shape index (κ2) is 6.69. The molecule has 0 unspecified atom stereocenters. The molecule has 2 aliphatic heterocycles. The van der Waals surface area contributed by atoms with E-state index in [4.69, 9.17) is 9.31 Å². The second-order valence-electron chi connectivity index (χ2n) is 7.92. The fraction of sp³-hybridized carbons (Fsp3) is 0.706. The largest absolute Gasteiger partial charge is 0.496 e. The summed E-state index contributed by atoms with van der Waals surface area (Å²) in [5.74, 6) is 0.761. The SMILES string of the molecule is CC1(C)OB(c2ccc(N3CCN(CC(F)(F)F)CC3)nc2)OC1(C)C. The standard InChI is InChI=1S/C17H25BF3N3O2/c1-15(2)16(3,4)26-18(25-15)13-5-6-14(22-11-13)24-9-7-23(8-10-24)12-17(19,20)21/h5-6,11H,7-10,12H2,1-4H3. The maximum Gasteiger partial charge on any atom is 0.496 e. The van der Waals surface area contributed by atoms with Gasteiger partial charge in [0.1, 0.15) is 5.82 Å². The van der Waals surface area contributed by atoms with Crippen molar-refractivity contribution in [3.05, 3.63) is 18.3 Å². The number of piperazine rings is 1. The van der Waals surface area contributed by atoms with E-state index in [1.807, 2.05) is 44.7 Å². The summed E-state index contributed by atoms with van der Waals surface area (Å²) < 4.78 is 49.4. The van der Waals surface area contributed by atoms with Gasteiger partial charge in [0.25, 0.3) is 0 Å². The van der Waals surface area contributed by atoms with Gasteiger partial charge in [-0.25, -0.2) is 4.98 Å². The van der Waals surface area contributed by atoms with Crippen molar-refractivity contribution in [1.82, 2.24) is 9.88 Å². The lowest BCUT2D eigenvalue weighted by atomic mass is 9.80. The van der Waals surface area contributed by atoms with Crippen LogP contribution in [0.1, 0.15) is 27.7 Å². The molecule has 0 spiro atoms. The van der Waals surface area contributed by atoms with Crippen molar-refractivity contribution >= 4 is 18.4 Å². The summed E-state index contributed by atoms with van der Waals surface area (Å²) in [6.45, 7) is 8.93. The minimum atomic E-state index is -4.15. The third-order valence-corrected chi connectivity index (χ3v) is 5.40. The fourth-order valence-electron chi connectivity index (χ4n) is 3.09. The molecule has 0 N–H and O–H groups in total. The zero-order valence-corrected chi connectivity index (χ0v) is 15.6. The lowest BCUT2D eigenvalue weighted by molar-refractivity contribution is -0.146. The van der Waals surface area contributed by atoms with Crippen molar-refractivity contribution in [3.8, 4) is 0 Å². The Hall–Kier alpha value is -1.32. The molecule has 0 bridgehead atoms. The number of pyridine rings is 1. The molecule has 5 nitrogen and oxygen atoms in total. The Morgan fingerprint density at radius 2 is 1.62 bits per heavy atom. The van der Waals surface area contributed by atoms with Crippen LogP contribution in [0.3, 0.4) is 0 Å². The van der Waals surface area contributed by atoms with Gasteiger partial charge < -0.3 is 14.2 Å². The summed E-state index contributed by atoms with van der Waals surface area (Å²) in [5, 5.41) is 0. The highest BCUT2D eigenvalue weighted by molar-refractivity contribution is 6.62. The molecule has 2 fully saturated rings. The number of nitrogens with zero attached hydrogens (tertiary/aromatic N) is 3. The van der Waals surface area contributed by atoms with E-state index in [1.165, 1.54) is 4.90 Å². The van der Waals surface area contributed by atoms with E-state index < -0.39 is 31.0 Å². The predicted octanol–water partition coefficient (Wildman–Crippen LogP) is 2.07. The Morgan fingerprint density at radius 3 is 2.08 bits per heavy atom. The number of rotatable bonds is 3. The van der Waals surface area contributed by atoms with Crippen LogP contribution in [-0.2, 0) is 9.31 Å². The average molecular weight is 371 g/mol. The first-order chi connectivity index (χ1) is 12.0. The molecule has 3 rings (SSSR count). The Labute approximate surface area is 152 Å². The number of halogens is 3. The minimum absolute atomic E-state index is 0.375. The molecular weight excluding hydrogens is 346 g/mol. The number of hydrogen-bond donors (Lipinski definition) is 0. The van der Waals surface area contributed by atoms with Crippen molar-refractivity contribution < 1.29 is 22.5 Å². The van der Waals surface area contributed by atoms with E-state index in [9.17, 15) is 13.2 Å². The van der Waals surface area contributed by atoms with Gasteiger partial charge in [-0.05, 0) is 33.8 Å². The molecule has 0 aromatic carbocycles. The summed E-state index contributed by atoms with van der Waals surface area (Å²) in [4.78, 5) is 7.89. The smallest absolute Gasteiger partial charge is 0.399 e. The normalized spacial score (nSPS) is 23.5. The van der Waals surface area contributed by atoms with Gasteiger partial charge in [-0.15, -0.1) is 0 Å². The molecule has 9 heteroatoms. The van der Waals surface area contributed by atoms with Gasteiger partial charge in [-0.2, -0.15) is 13.2 Å². The van der Waals surface area contributed by atoms with E-state index >= 15 is 0 Å².